The molecule has 0 bridgehead atoms. The second kappa shape index (κ2) is 4.41. The molecule has 0 aromatic heterocycles. The third-order valence-corrected chi connectivity index (χ3v) is 2.31. The molecule has 13 heavy (non-hydrogen) atoms. The van der Waals surface area contributed by atoms with Gasteiger partial charge in [-0.3, -0.25) is 0 Å². The zero-order valence-corrected chi connectivity index (χ0v) is 9.28. The quantitative estimate of drug-likeness (QED) is 0.671. The molecule has 2 nitrogen and oxygen atoms in total. The fourth-order valence-corrected chi connectivity index (χ4v) is 1.23. The Morgan fingerprint density at radius 3 is 2.38 bits per heavy atom. The van der Waals surface area contributed by atoms with Crippen molar-refractivity contribution in [3.63, 3.8) is 0 Å². The molecule has 0 unspecified atom stereocenters. The van der Waals surface area contributed by atoms with Gasteiger partial charge in [0, 0.05) is 9.14 Å². The van der Waals surface area contributed by atoms with Crippen LogP contribution in [0.5, 0.6) is 0 Å². The van der Waals surface area contributed by atoms with Crippen molar-refractivity contribution in [2.24, 2.45) is 0 Å². The van der Waals surface area contributed by atoms with E-state index in [2.05, 4.69) is 22.6 Å². The molecule has 0 heterocycles. The Balaban J connectivity index is 2.92. The van der Waals surface area contributed by atoms with Crippen molar-refractivity contribution < 1.29 is 9.90 Å². The maximum Gasteiger partial charge on any atom is 0.331 e. The maximum absolute atomic E-state index is 10.5. The van der Waals surface area contributed by atoms with Crippen molar-refractivity contribution in [2.75, 3.05) is 0 Å². The lowest BCUT2D eigenvalue weighted by Crippen LogP contribution is -1.95. The molecule has 0 fully saturated rings. The first-order valence-electron chi connectivity index (χ1n) is 3.77. The highest BCUT2D eigenvalue weighted by Crippen LogP contribution is 2.10. The van der Waals surface area contributed by atoms with Crippen molar-refractivity contribution in [1.82, 2.24) is 0 Å². The van der Waals surface area contributed by atoms with E-state index in [-0.39, 0.29) is 0 Å². The van der Waals surface area contributed by atoms with Gasteiger partial charge >= 0.3 is 5.97 Å². The molecule has 0 aliphatic heterocycles. The normalized spacial score (nSPS) is 11.4. The van der Waals surface area contributed by atoms with Crippen molar-refractivity contribution in [2.45, 2.75) is 6.92 Å². The molecule has 68 valence electrons. The number of hydrogen-bond donors (Lipinski definition) is 1. The molecule has 1 N–H and O–H groups in total. The molecule has 1 aromatic carbocycles. The van der Waals surface area contributed by atoms with Crippen LogP contribution < -0.4 is 0 Å². The van der Waals surface area contributed by atoms with Gasteiger partial charge in [-0.2, -0.15) is 0 Å². The van der Waals surface area contributed by atoms with E-state index in [9.17, 15) is 4.79 Å². The van der Waals surface area contributed by atoms with Crippen LogP contribution in [-0.2, 0) is 4.79 Å². The largest absolute Gasteiger partial charge is 0.478 e. The lowest BCUT2D eigenvalue weighted by molar-refractivity contribution is -0.132. The summed E-state index contributed by atoms with van der Waals surface area (Å²) in [5.41, 5.74) is 1.27. The molecular formula is C10H9IO2. The summed E-state index contributed by atoms with van der Waals surface area (Å²) in [6.45, 7) is 1.58. The molecule has 0 atom stereocenters. The minimum Gasteiger partial charge on any atom is -0.478 e. The van der Waals surface area contributed by atoms with Gasteiger partial charge < -0.3 is 5.11 Å². The first kappa shape index (κ1) is 10.2. The summed E-state index contributed by atoms with van der Waals surface area (Å²) in [5, 5.41) is 8.63. The van der Waals surface area contributed by atoms with Gasteiger partial charge in [-0.1, -0.05) is 12.1 Å². The minimum atomic E-state index is -0.876. The van der Waals surface area contributed by atoms with E-state index in [1.807, 2.05) is 24.3 Å². The SMILES string of the molecule is CC(=Cc1ccc(I)cc1)C(=O)O. The molecule has 1 aromatic rings. The zero-order chi connectivity index (χ0) is 9.84. The lowest BCUT2D eigenvalue weighted by atomic mass is 10.1. The average Bonchev–Trinajstić information content (AvgIpc) is 2.08. The summed E-state index contributed by atoms with van der Waals surface area (Å²) in [7, 11) is 0. The van der Waals surface area contributed by atoms with Gasteiger partial charge in [-0.15, -0.1) is 0 Å². The van der Waals surface area contributed by atoms with Gasteiger partial charge in [0.15, 0.2) is 0 Å². The lowest BCUT2D eigenvalue weighted by Gasteiger charge is -1.95. The molecular weight excluding hydrogens is 279 g/mol. The number of aliphatic carboxylic acids is 1. The highest BCUT2D eigenvalue weighted by Gasteiger charge is 1.98. The molecule has 3 heteroatoms. The smallest absolute Gasteiger partial charge is 0.331 e. The van der Waals surface area contributed by atoms with Crippen LogP contribution >= 0.6 is 22.6 Å². The summed E-state index contributed by atoms with van der Waals surface area (Å²) in [4.78, 5) is 10.5. The van der Waals surface area contributed by atoms with Gasteiger partial charge in [-0.25, -0.2) is 4.79 Å². The Bertz CT molecular complexity index is 338. The van der Waals surface area contributed by atoms with Crippen LogP contribution in [-0.4, -0.2) is 11.1 Å². The van der Waals surface area contributed by atoms with Crippen LogP contribution in [0.2, 0.25) is 0 Å². The number of halogens is 1. The molecule has 0 spiro atoms. The number of hydrogen-bond acceptors (Lipinski definition) is 1. The van der Waals surface area contributed by atoms with Crippen molar-refractivity contribution in [1.29, 1.82) is 0 Å². The highest BCUT2D eigenvalue weighted by atomic mass is 127. The first-order chi connectivity index (χ1) is 6.09. The standard InChI is InChI=1S/C10H9IO2/c1-7(10(12)13)6-8-2-4-9(11)5-3-8/h2-6H,1H3,(H,12,13). The Labute approximate surface area is 90.4 Å². The van der Waals surface area contributed by atoms with Crippen LogP contribution in [0.3, 0.4) is 0 Å². The molecule has 0 aliphatic rings. The van der Waals surface area contributed by atoms with E-state index in [1.54, 1.807) is 13.0 Å². The summed E-state index contributed by atoms with van der Waals surface area (Å²) >= 11 is 2.21. The average molecular weight is 288 g/mol. The van der Waals surface area contributed by atoms with Crippen LogP contribution in [0.4, 0.5) is 0 Å². The van der Waals surface area contributed by atoms with Crippen LogP contribution in [0, 0.1) is 3.57 Å². The van der Waals surface area contributed by atoms with Gasteiger partial charge in [0.05, 0.1) is 0 Å². The van der Waals surface area contributed by atoms with Crippen LogP contribution in [0.1, 0.15) is 12.5 Å². The van der Waals surface area contributed by atoms with Crippen LogP contribution in [0.15, 0.2) is 29.8 Å². The topological polar surface area (TPSA) is 37.3 Å². The Morgan fingerprint density at radius 1 is 1.38 bits per heavy atom. The van der Waals surface area contributed by atoms with E-state index in [1.165, 1.54) is 0 Å². The Morgan fingerprint density at radius 2 is 1.92 bits per heavy atom. The monoisotopic (exact) mass is 288 g/mol. The fraction of sp³-hybridized carbons (Fsp3) is 0.100. The predicted octanol–water partition coefficient (Wildman–Crippen LogP) is 2.78. The van der Waals surface area contributed by atoms with Gasteiger partial charge in [0.25, 0.3) is 0 Å². The fourth-order valence-electron chi connectivity index (χ4n) is 0.871. The molecule has 0 saturated carbocycles. The third-order valence-electron chi connectivity index (χ3n) is 1.59. The summed E-state index contributed by atoms with van der Waals surface area (Å²) in [6.07, 6.45) is 1.65. The Kier molecular flexibility index (Phi) is 3.48. The number of carboxylic acids is 1. The molecule has 0 radical (unpaired) electrons. The summed E-state index contributed by atoms with van der Waals surface area (Å²) < 4.78 is 1.14. The van der Waals surface area contributed by atoms with E-state index in [0.29, 0.717) is 5.57 Å². The van der Waals surface area contributed by atoms with Crippen LogP contribution in [0.25, 0.3) is 6.08 Å². The van der Waals surface area contributed by atoms with Crippen molar-refractivity contribution >= 4 is 34.6 Å². The summed E-state index contributed by atoms with van der Waals surface area (Å²) in [6, 6.07) is 7.69. The number of rotatable bonds is 2. The Hall–Kier alpha value is -0.840. The van der Waals surface area contributed by atoms with Crippen molar-refractivity contribution in [3.8, 4) is 0 Å². The summed E-state index contributed by atoms with van der Waals surface area (Å²) in [5.74, 6) is -0.876. The molecule has 0 aliphatic carbocycles. The molecule has 1 rings (SSSR count). The first-order valence-corrected chi connectivity index (χ1v) is 4.84. The van der Waals surface area contributed by atoms with Gasteiger partial charge in [-0.05, 0) is 53.3 Å². The van der Waals surface area contributed by atoms with Gasteiger partial charge in [0.1, 0.15) is 0 Å². The molecule has 0 saturated heterocycles. The molecule has 0 amide bonds. The minimum absolute atomic E-state index is 0.348. The van der Waals surface area contributed by atoms with Crippen molar-refractivity contribution in [3.05, 3.63) is 39.0 Å². The number of benzene rings is 1. The van der Waals surface area contributed by atoms with E-state index in [4.69, 9.17) is 5.11 Å². The number of carbonyl (C=O) groups is 1. The van der Waals surface area contributed by atoms with E-state index >= 15 is 0 Å². The van der Waals surface area contributed by atoms with E-state index in [0.717, 1.165) is 9.13 Å². The highest BCUT2D eigenvalue weighted by molar-refractivity contribution is 14.1. The second-order valence-corrected chi connectivity index (χ2v) is 3.93. The van der Waals surface area contributed by atoms with E-state index < -0.39 is 5.97 Å². The third kappa shape index (κ3) is 3.18. The maximum atomic E-state index is 10.5. The predicted molar refractivity (Wildman–Crippen MR) is 60.4 cm³/mol. The number of carboxylic acid groups (broad SMARTS) is 1. The second-order valence-electron chi connectivity index (χ2n) is 2.68. The van der Waals surface area contributed by atoms with Gasteiger partial charge in [0.2, 0.25) is 0 Å². The zero-order valence-electron chi connectivity index (χ0n) is 7.12.